The van der Waals surface area contributed by atoms with Crippen LogP contribution in [-0.4, -0.2) is 26.9 Å². The third-order valence-corrected chi connectivity index (χ3v) is 5.81. The minimum atomic E-state index is -3.57. The number of halogens is 2. The highest BCUT2D eigenvalue weighted by atomic mass is 32.2. The van der Waals surface area contributed by atoms with Crippen LogP contribution in [0.1, 0.15) is 43.7 Å². The van der Waals surface area contributed by atoms with Crippen LogP contribution >= 0.6 is 0 Å². The van der Waals surface area contributed by atoms with E-state index in [0.717, 1.165) is 43.9 Å². The Balaban J connectivity index is 1.70. The van der Waals surface area contributed by atoms with Gasteiger partial charge in [-0.1, -0.05) is 0 Å². The third-order valence-electron chi connectivity index (χ3n) is 4.43. The largest absolute Gasteiger partial charge is 0.378 e. The van der Waals surface area contributed by atoms with E-state index in [4.69, 9.17) is 4.74 Å². The summed E-state index contributed by atoms with van der Waals surface area (Å²) in [6, 6.07) is 2.47. The molecule has 4 nitrogen and oxygen atoms in total. The van der Waals surface area contributed by atoms with E-state index in [1.54, 1.807) is 0 Å². The first kappa shape index (κ1) is 16.8. The van der Waals surface area contributed by atoms with E-state index >= 15 is 0 Å². The topological polar surface area (TPSA) is 55.4 Å². The van der Waals surface area contributed by atoms with Gasteiger partial charge in [-0.05, 0) is 56.2 Å². The third kappa shape index (κ3) is 4.49. The molecule has 1 saturated carbocycles. The number of rotatable bonds is 7. The fourth-order valence-corrected chi connectivity index (χ4v) is 4.40. The standard InChI is InChI=1S/C16H21F2NO3S/c17-12-5-6-15(18)14(10-12)16(11-3-4-11)19-23(20,21)9-7-13-2-1-8-22-13/h5-6,10-11,13,16,19H,1-4,7-9H2. The van der Waals surface area contributed by atoms with E-state index in [-0.39, 0.29) is 23.3 Å². The Bertz CT molecular complexity index is 655. The summed E-state index contributed by atoms with van der Waals surface area (Å²) in [6.45, 7) is 0.678. The highest BCUT2D eigenvalue weighted by Gasteiger charge is 2.36. The zero-order valence-electron chi connectivity index (χ0n) is 12.8. The van der Waals surface area contributed by atoms with Gasteiger partial charge in [0.05, 0.1) is 17.9 Å². The van der Waals surface area contributed by atoms with Crippen LogP contribution in [0.5, 0.6) is 0 Å². The van der Waals surface area contributed by atoms with Gasteiger partial charge in [-0.25, -0.2) is 21.9 Å². The van der Waals surface area contributed by atoms with Gasteiger partial charge in [0.25, 0.3) is 0 Å². The molecule has 0 spiro atoms. The lowest BCUT2D eigenvalue weighted by Gasteiger charge is -2.20. The minimum Gasteiger partial charge on any atom is -0.378 e. The second-order valence-corrected chi connectivity index (χ2v) is 8.21. The lowest BCUT2D eigenvalue weighted by atomic mass is 10.0. The van der Waals surface area contributed by atoms with Gasteiger partial charge in [0.2, 0.25) is 10.0 Å². The Morgan fingerprint density at radius 1 is 1.26 bits per heavy atom. The molecule has 0 radical (unpaired) electrons. The van der Waals surface area contributed by atoms with Crippen molar-refractivity contribution in [1.82, 2.24) is 4.72 Å². The van der Waals surface area contributed by atoms with E-state index in [9.17, 15) is 17.2 Å². The van der Waals surface area contributed by atoms with Crippen molar-refractivity contribution in [2.45, 2.75) is 44.2 Å². The molecule has 23 heavy (non-hydrogen) atoms. The van der Waals surface area contributed by atoms with E-state index in [2.05, 4.69) is 4.72 Å². The summed E-state index contributed by atoms with van der Waals surface area (Å²) in [5.41, 5.74) is 0.0909. The smallest absolute Gasteiger partial charge is 0.212 e. The number of nitrogens with one attached hydrogen (secondary N) is 1. The molecule has 128 valence electrons. The molecular formula is C16H21F2NO3S. The van der Waals surface area contributed by atoms with Crippen LogP contribution in [0.2, 0.25) is 0 Å². The van der Waals surface area contributed by atoms with Crippen molar-refractivity contribution in [2.75, 3.05) is 12.4 Å². The maximum atomic E-state index is 14.0. The number of benzene rings is 1. The summed E-state index contributed by atoms with van der Waals surface area (Å²) >= 11 is 0. The maximum absolute atomic E-state index is 14.0. The van der Waals surface area contributed by atoms with Crippen LogP contribution < -0.4 is 4.72 Å². The monoisotopic (exact) mass is 345 g/mol. The predicted octanol–water partition coefficient (Wildman–Crippen LogP) is 2.90. The van der Waals surface area contributed by atoms with Gasteiger partial charge in [-0.3, -0.25) is 0 Å². The molecule has 1 aromatic carbocycles. The Kier molecular flexibility index (Phi) is 4.98. The molecule has 0 aromatic heterocycles. The van der Waals surface area contributed by atoms with Crippen LogP contribution in [0.15, 0.2) is 18.2 Å². The first-order valence-corrected chi connectivity index (χ1v) is 9.66. The highest BCUT2D eigenvalue weighted by molar-refractivity contribution is 7.89. The number of hydrogen-bond donors (Lipinski definition) is 1. The fraction of sp³-hybridized carbons (Fsp3) is 0.625. The van der Waals surface area contributed by atoms with Gasteiger partial charge in [0.15, 0.2) is 0 Å². The molecule has 2 unspecified atom stereocenters. The average molecular weight is 345 g/mol. The number of hydrogen-bond acceptors (Lipinski definition) is 3. The normalized spacial score (nSPS) is 23.1. The minimum absolute atomic E-state index is 0.0168. The molecule has 0 bridgehead atoms. The molecular weight excluding hydrogens is 324 g/mol. The first-order chi connectivity index (χ1) is 10.9. The van der Waals surface area contributed by atoms with Crippen molar-refractivity contribution >= 4 is 10.0 Å². The molecule has 3 rings (SSSR count). The first-order valence-electron chi connectivity index (χ1n) is 8.01. The van der Waals surface area contributed by atoms with Crippen molar-refractivity contribution in [3.8, 4) is 0 Å². The van der Waals surface area contributed by atoms with Crippen LogP contribution in [0.25, 0.3) is 0 Å². The molecule has 1 aliphatic carbocycles. The number of sulfonamides is 1. The Hall–Kier alpha value is -1.05. The predicted molar refractivity (Wildman–Crippen MR) is 82.3 cm³/mol. The lowest BCUT2D eigenvalue weighted by molar-refractivity contribution is 0.108. The zero-order chi connectivity index (χ0) is 16.4. The summed E-state index contributed by atoms with van der Waals surface area (Å²) in [5, 5.41) is 0. The lowest BCUT2D eigenvalue weighted by Crippen LogP contribution is -2.33. The van der Waals surface area contributed by atoms with Crippen LogP contribution in [0, 0.1) is 17.6 Å². The molecule has 1 N–H and O–H groups in total. The number of ether oxygens (including phenoxy) is 1. The molecule has 2 aliphatic rings. The van der Waals surface area contributed by atoms with Crippen molar-refractivity contribution in [1.29, 1.82) is 0 Å². The van der Waals surface area contributed by atoms with Gasteiger partial charge in [-0.15, -0.1) is 0 Å². The van der Waals surface area contributed by atoms with Gasteiger partial charge in [0, 0.05) is 12.2 Å². The second kappa shape index (κ2) is 6.83. The van der Waals surface area contributed by atoms with Crippen molar-refractivity contribution in [2.24, 2.45) is 5.92 Å². The van der Waals surface area contributed by atoms with Gasteiger partial charge >= 0.3 is 0 Å². The van der Waals surface area contributed by atoms with E-state index < -0.39 is 27.7 Å². The van der Waals surface area contributed by atoms with Gasteiger partial charge < -0.3 is 4.74 Å². The van der Waals surface area contributed by atoms with Crippen molar-refractivity contribution < 1.29 is 21.9 Å². The summed E-state index contributed by atoms with van der Waals surface area (Å²) in [6.07, 6.45) is 3.87. The summed E-state index contributed by atoms with van der Waals surface area (Å²) in [5.74, 6) is -1.17. The van der Waals surface area contributed by atoms with Crippen molar-refractivity contribution in [3.63, 3.8) is 0 Å². The fourth-order valence-electron chi connectivity index (χ4n) is 3.01. The second-order valence-electron chi connectivity index (χ2n) is 6.34. The van der Waals surface area contributed by atoms with E-state index in [0.29, 0.717) is 13.0 Å². The quantitative estimate of drug-likeness (QED) is 0.827. The van der Waals surface area contributed by atoms with E-state index in [1.807, 2.05) is 0 Å². The van der Waals surface area contributed by atoms with Gasteiger partial charge in [0.1, 0.15) is 11.6 Å². The van der Waals surface area contributed by atoms with Crippen LogP contribution in [0.3, 0.4) is 0 Å². The molecule has 1 aromatic rings. The van der Waals surface area contributed by atoms with E-state index in [1.165, 1.54) is 0 Å². The van der Waals surface area contributed by atoms with Gasteiger partial charge in [-0.2, -0.15) is 0 Å². The Morgan fingerprint density at radius 2 is 2.04 bits per heavy atom. The van der Waals surface area contributed by atoms with Crippen LogP contribution in [-0.2, 0) is 14.8 Å². The zero-order valence-corrected chi connectivity index (χ0v) is 13.6. The van der Waals surface area contributed by atoms with Crippen LogP contribution in [0.4, 0.5) is 8.78 Å². The Labute approximate surface area is 135 Å². The molecule has 2 atom stereocenters. The summed E-state index contributed by atoms with van der Waals surface area (Å²) in [4.78, 5) is 0. The average Bonchev–Trinajstić information content (AvgIpc) is 3.21. The molecule has 2 fully saturated rings. The molecule has 1 saturated heterocycles. The summed E-state index contributed by atoms with van der Waals surface area (Å²) < 4.78 is 60.0. The molecule has 1 aliphatic heterocycles. The highest BCUT2D eigenvalue weighted by Crippen LogP contribution is 2.42. The SMILES string of the molecule is O=S(=O)(CCC1CCCO1)NC(c1cc(F)ccc1F)C1CC1. The Morgan fingerprint density at radius 3 is 2.70 bits per heavy atom. The molecule has 1 heterocycles. The van der Waals surface area contributed by atoms with Crippen molar-refractivity contribution in [3.05, 3.63) is 35.4 Å². The molecule has 0 amide bonds. The summed E-state index contributed by atoms with van der Waals surface area (Å²) in [7, 11) is -3.57. The molecule has 7 heteroatoms. The maximum Gasteiger partial charge on any atom is 0.212 e.